The molecule has 0 atom stereocenters. The smallest absolute Gasteiger partial charge is 0.133 e. The van der Waals surface area contributed by atoms with E-state index in [0.717, 1.165) is 42.8 Å². The fourth-order valence-corrected chi connectivity index (χ4v) is 2.59. The van der Waals surface area contributed by atoms with Gasteiger partial charge in [0, 0.05) is 0 Å². The van der Waals surface area contributed by atoms with E-state index >= 15 is 0 Å². The molecule has 1 aromatic carbocycles. The fraction of sp³-hybridized carbons (Fsp3) is 0.647. The van der Waals surface area contributed by atoms with E-state index in [-0.39, 0.29) is 5.41 Å². The Morgan fingerprint density at radius 2 is 1.90 bits per heavy atom. The van der Waals surface area contributed by atoms with E-state index in [1.54, 1.807) is 0 Å². The third-order valence-electron chi connectivity index (χ3n) is 3.53. The molecule has 1 rings (SSSR count). The maximum atomic E-state index is 5.71. The predicted octanol–water partition coefficient (Wildman–Crippen LogP) is 4.91. The quantitative estimate of drug-likeness (QED) is 0.644. The number of benzene rings is 1. The van der Waals surface area contributed by atoms with Crippen molar-refractivity contribution in [2.75, 3.05) is 19.7 Å². The van der Waals surface area contributed by atoms with Gasteiger partial charge in [0.1, 0.15) is 5.75 Å². The molecule has 20 heavy (non-hydrogen) atoms. The van der Waals surface area contributed by atoms with Crippen LogP contribution in [0.15, 0.2) is 22.7 Å². The van der Waals surface area contributed by atoms with Crippen molar-refractivity contribution in [3.8, 4) is 5.75 Å². The van der Waals surface area contributed by atoms with E-state index in [4.69, 9.17) is 4.74 Å². The molecule has 3 heteroatoms. The van der Waals surface area contributed by atoms with E-state index in [1.165, 1.54) is 12.0 Å². The summed E-state index contributed by atoms with van der Waals surface area (Å²) < 4.78 is 6.76. The molecule has 0 amide bonds. The Hall–Kier alpha value is -0.540. The van der Waals surface area contributed by atoms with E-state index < -0.39 is 0 Å². The zero-order valence-electron chi connectivity index (χ0n) is 13.3. The van der Waals surface area contributed by atoms with Crippen molar-refractivity contribution in [2.45, 2.75) is 52.4 Å². The Bertz CT molecular complexity index is 404. The largest absolute Gasteiger partial charge is 0.492 e. The molecule has 2 nitrogen and oxygen atoms in total. The van der Waals surface area contributed by atoms with Crippen molar-refractivity contribution in [1.29, 1.82) is 0 Å². The molecule has 0 unspecified atom stereocenters. The van der Waals surface area contributed by atoms with E-state index in [1.807, 2.05) is 0 Å². The van der Waals surface area contributed by atoms with Crippen LogP contribution in [0.25, 0.3) is 0 Å². The molecule has 114 valence electrons. The Labute approximate surface area is 132 Å². The minimum absolute atomic E-state index is 0.173. The van der Waals surface area contributed by atoms with E-state index in [0.29, 0.717) is 0 Å². The SMILES string of the molecule is CCCNCCC(C)(C)c1ccc(OCCC)c(Br)c1. The van der Waals surface area contributed by atoms with Gasteiger partial charge in [-0.25, -0.2) is 0 Å². The molecule has 0 saturated carbocycles. The minimum Gasteiger partial charge on any atom is -0.492 e. The summed E-state index contributed by atoms with van der Waals surface area (Å²) in [6.45, 7) is 11.8. The summed E-state index contributed by atoms with van der Waals surface area (Å²) in [5.74, 6) is 0.940. The van der Waals surface area contributed by atoms with Crippen molar-refractivity contribution >= 4 is 15.9 Å². The summed E-state index contributed by atoms with van der Waals surface area (Å²) in [4.78, 5) is 0. The highest BCUT2D eigenvalue weighted by Gasteiger charge is 2.21. The third kappa shape index (κ3) is 5.45. The van der Waals surface area contributed by atoms with Gasteiger partial charge < -0.3 is 10.1 Å². The van der Waals surface area contributed by atoms with Gasteiger partial charge in [-0.2, -0.15) is 0 Å². The van der Waals surface area contributed by atoms with Crippen LogP contribution in [0, 0.1) is 0 Å². The van der Waals surface area contributed by atoms with E-state index in [9.17, 15) is 0 Å². The molecule has 0 bridgehead atoms. The van der Waals surface area contributed by atoms with Gasteiger partial charge in [0.2, 0.25) is 0 Å². The number of hydrogen-bond donors (Lipinski definition) is 1. The van der Waals surface area contributed by atoms with Crippen molar-refractivity contribution in [3.05, 3.63) is 28.2 Å². The number of ether oxygens (including phenoxy) is 1. The Balaban J connectivity index is 2.67. The Kier molecular flexibility index (Phi) is 7.60. The van der Waals surface area contributed by atoms with Crippen LogP contribution in [-0.2, 0) is 5.41 Å². The maximum Gasteiger partial charge on any atom is 0.133 e. The molecule has 0 heterocycles. The molecule has 0 saturated heterocycles. The standard InChI is InChI=1S/C17H28BrNO/c1-5-10-19-11-9-17(3,4)14-7-8-16(15(18)13-14)20-12-6-2/h7-8,13,19H,5-6,9-12H2,1-4H3. The lowest BCUT2D eigenvalue weighted by Crippen LogP contribution is -2.26. The van der Waals surface area contributed by atoms with Gasteiger partial charge in [0.15, 0.2) is 0 Å². The molecular formula is C17H28BrNO. The van der Waals surface area contributed by atoms with Crippen LogP contribution in [0.1, 0.15) is 52.5 Å². The zero-order valence-corrected chi connectivity index (χ0v) is 14.8. The topological polar surface area (TPSA) is 21.3 Å². The Morgan fingerprint density at radius 3 is 2.50 bits per heavy atom. The highest BCUT2D eigenvalue weighted by molar-refractivity contribution is 9.10. The minimum atomic E-state index is 0.173. The second kappa shape index (κ2) is 8.68. The molecular weight excluding hydrogens is 314 g/mol. The second-order valence-corrected chi connectivity index (χ2v) is 6.73. The third-order valence-corrected chi connectivity index (χ3v) is 4.15. The molecule has 0 radical (unpaired) electrons. The van der Waals surface area contributed by atoms with Crippen LogP contribution in [-0.4, -0.2) is 19.7 Å². The van der Waals surface area contributed by atoms with Gasteiger partial charge in [-0.05, 0) is 71.4 Å². The lowest BCUT2D eigenvalue weighted by molar-refractivity contribution is 0.315. The number of nitrogens with one attached hydrogen (secondary N) is 1. The summed E-state index contributed by atoms with van der Waals surface area (Å²) in [6.07, 6.45) is 3.35. The highest BCUT2D eigenvalue weighted by atomic mass is 79.9. The van der Waals surface area contributed by atoms with Crippen LogP contribution in [0.5, 0.6) is 5.75 Å². The summed E-state index contributed by atoms with van der Waals surface area (Å²) >= 11 is 3.62. The lowest BCUT2D eigenvalue weighted by atomic mass is 9.81. The highest BCUT2D eigenvalue weighted by Crippen LogP contribution is 2.33. The summed E-state index contributed by atoms with van der Waals surface area (Å²) in [6, 6.07) is 6.47. The maximum absolute atomic E-state index is 5.71. The fourth-order valence-electron chi connectivity index (χ4n) is 2.10. The first-order valence-electron chi connectivity index (χ1n) is 7.64. The zero-order chi connectivity index (χ0) is 15.0. The van der Waals surface area contributed by atoms with Crippen molar-refractivity contribution < 1.29 is 4.74 Å². The lowest BCUT2D eigenvalue weighted by Gasteiger charge is -2.26. The molecule has 0 aliphatic carbocycles. The number of halogens is 1. The van der Waals surface area contributed by atoms with Crippen LogP contribution >= 0.6 is 15.9 Å². The van der Waals surface area contributed by atoms with Crippen LogP contribution in [0.2, 0.25) is 0 Å². The van der Waals surface area contributed by atoms with Crippen molar-refractivity contribution in [1.82, 2.24) is 5.32 Å². The number of hydrogen-bond acceptors (Lipinski definition) is 2. The predicted molar refractivity (Wildman–Crippen MR) is 90.7 cm³/mol. The summed E-state index contributed by atoms with van der Waals surface area (Å²) in [5.41, 5.74) is 1.53. The first-order valence-corrected chi connectivity index (χ1v) is 8.44. The van der Waals surface area contributed by atoms with Crippen LogP contribution < -0.4 is 10.1 Å². The van der Waals surface area contributed by atoms with Crippen LogP contribution in [0.4, 0.5) is 0 Å². The van der Waals surface area contributed by atoms with E-state index in [2.05, 4.69) is 67.1 Å². The molecule has 0 spiro atoms. The second-order valence-electron chi connectivity index (χ2n) is 5.88. The van der Waals surface area contributed by atoms with Gasteiger partial charge in [-0.3, -0.25) is 0 Å². The van der Waals surface area contributed by atoms with Gasteiger partial charge >= 0.3 is 0 Å². The van der Waals surface area contributed by atoms with Gasteiger partial charge in [-0.15, -0.1) is 0 Å². The molecule has 0 aromatic heterocycles. The molecule has 0 aliphatic rings. The average molecular weight is 342 g/mol. The first-order chi connectivity index (χ1) is 9.51. The normalized spacial score (nSPS) is 11.7. The number of rotatable bonds is 9. The van der Waals surface area contributed by atoms with Gasteiger partial charge in [0.25, 0.3) is 0 Å². The Morgan fingerprint density at radius 1 is 1.15 bits per heavy atom. The summed E-state index contributed by atoms with van der Waals surface area (Å²) in [7, 11) is 0. The molecule has 1 N–H and O–H groups in total. The summed E-state index contributed by atoms with van der Waals surface area (Å²) in [5, 5.41) is 3.48. The van der Waals surface area contributed by atoms with Gasteiger partial charge in [0.05, 0.1) is 11.1 Å². The molecule has 0 fully saturated rings. The van der Waals surface area contributed by atoms with Crippen molar-refractivity contribution in [3.63, 3.8) is 0 Å². The monoisotopic (exact) mass is 341 g/mol. The van der Waals surface area contributed by atoms with Crippen molar-refractivity contribution in [2.24, 2.45) is 0 Å². The molecule has 0 aliphatic heterocycles. The van der Waals surface area contributed by atoms with Crippen LogP contribution in [0.3, 0.4) is 0 Å². The molecule has 1 aromatic rings. The van der Waals surface area contributed by atoms with Gasteiger partial charge in [-0.1, -0.05) is 33.8 Å². The average Bonchev–Trinajstić information content (AvgIpc) is 2.42. The first kappa shape index (κ1) is 17.5.